The molecule has 0 spiro atoms. The van der Waals surface area contributed by atoms with Gasteiger partial charge in [0, 0.05) is 30.4 Å². The molecule has 0 unspecified atom stereocenters. The van der Waals surface area contributed by atoms with E-state index >= 15 is 0 Å². The van der Waals surface area contributed by atoms with E-state index in [0.717, 1.165) is 41.6 Å². The zero-order valence-corrected chi connectivity index (χ0v) is 16.4. The van der Waals surface area contributed by atoms with E-state index in [1.165, 1.54) is 11.3 Å². The molecule has 1 aliphatic heterocycles. The van der Waals surface area contributed by atoms with Gasteiger partial charge in [0.2, 0.25) is 10.0 Å². The quantitative estimate of drug-likeness (QED) is 0.751. The monoisotopic (exact) mass is 396 g/mol. The standard InChI is InChI=1S/C18H24N2O4S2/c1-2-11-26(23,24)19-13-7-9-20(10-8-13)12-15-14-5-3-4-6-16(14)25-17(15)18(21)22/h3-6,13,19H,2,7-12H2,1H3,(H,21,22). The third kappa shape index (κ3) is 4.43. The first-order chi connectivity index (χ1) is 12.4. The molecule has 1 fully saturated rings. The van der Waals surface area contributed by atoms with Gasteiger partial charge in [0.05, 0.1) is 5.75 Å². The minimum atomic E-state index is -3.19. The molecule has 0 saturated carbocycles. The topological polar surface area (TPSA) is 86.7 Å². The molecule has 0 radical (unpaired) electrons. The summed E-state index contributed by atoms with van der Waals surface area (Å²) in [5.41, 5.74) is 0.864. The van der Waals surface area contributed by atoms with Crippen LogP contribution in [0.1, 0.15) is 41.4 Å². The number of sulfonamides is 1. The molecule has 0 bridgehead atoms. The van der Waals surface area contributed by atoms with Crippen LogP contribution in [0.4, 0.5) is 0 Å². The van der Waals surface area contributed by atoms with Gasteiger partial charge in [0.15, 0.2) is 0 Å². The Morgan fingerprint density at radius 2 is 2.00 bits per heavy atom. The number of hydrogen-bond donors (Lipinski definition) is 2. The van der Waals surface area contributed by atoms with Crippen LogP contribution in [-0.2, 0) is 16.6 Å². The summed E-state index contributed by atoms with van der Waals surface area (Å²) >= 11 is 1.32. The number of piperidine rings is 1. The lowest BCUT2D eigenvalue weighted by Crippen LogP contribution is -2.44. The van der Waals surface area contributed by atoms with Crippen molar-refractivity contribution in [2.75, 3.05) is 18.8 Å². The lowest BCUT2D eigenvalue weighted by molar-refractivity contribution is 0.0699. The summed E-state index contributed by atoms with van der Waals surface area (Å²) < 4.78 is 27.6. The number of nitrogens with one attached hydrogen (secondary N) is 1. The van der Waals surface area contributed by atoms with Gasteiger partial charge in [0.25, 0.3) is 0 Å². The van der Waals surface area contributed by atoms with Crippen LogP contribution >= 0.6 is 11.3 Å². The molecule has 1 aromatic heterocycles. The van der Waals surface area contributed by atoms with Crippen LogP contribution in [0.5, 0.6) is 0 Å². The fourth-order valence-corrected chi connectivity index (χ4v) is 5.89. The smallest absolute Gasteiger partial charge is 0.346 e. The van der Waals surface area contributed by atoms with Gasteiger partial charge in [-0.05, 0) is 36.3 Å². The second-order valence-corrected chi connectivity index (χ2v) is 9.62. The lowest BCUT2D eigenvalue weighted by atomic mass is 10.0. The van der Waals surface area contributed by atoms with E-state index < -0.39 is 16.0 Å². The van der Waals surface area contributed by atoms with Crippen molar-refractivity contribution in [3.63, 3.8) is 0 Å². The number of nitrogens with zero attached hydrogens (tertiary/aromatic N) is 1. The SMILES string of the molecule is CCCS(=O)(=O)NC1CCN(Cc2c(C(=O)O)sc3ccccc23)CC1. The molecule has 26 heavy (non-hydrogen) atoms. The summed E-state index contributed by atoms with van der Waals surface area (Å²) in [5, 5.41) is 10.5. The van der Waals surface area contributed by atoms with Gasteiger partial charge >= 0.3 is 5.97 Å². The third-order valence-corrected chi connectivity index (χ3v) is 7.52. The zero-order valence-electron chi connectivity index (χ0n) is 14.8. The number of thiophene rings is 1. The third-order valence-electron chi connectivity index (χ3n) is 4.68. The van der Waals surface area contributed by atoms with E-state index in [2.05, 4.69) is 9.62 Å². The molecule has 2 N–H and O–H groups in total. The van der Waals surface area contributed by atoms with Crippen LogP contribution in [0.2, 0.25) is 0 Å². The molecule has 0 aliphatic carbocycles. The average molecular weight is 397 g/mol. The fraction of sp³-hybridized carbons (Fsp3) is 0.500. The first-order valence-corrected chi connectivity index (χ1v) is 11.3. The number of benzene rings is 1. The number of hydrogen-bond acceptors (Lipinski definition) is 5. The Labute approximate surface area is 157 Å². The Bertz CT molecular complexity index is 884. The van der Waals surface area contributed by atoms with Crippen molar-refractivity contribution >= 4 is 37.4 Å². The van der Waals surface area contributed by atoms with Crippen LogP contribution < -0.4 is 4.72 Å². The molecule has 0 atom stereocenters. The molecule has 0 amide bonds. The fourth-order valence-electron chi connectivity index (χ4n) is 3.44. The van der Waals surface area contributed by atoms with Gasteiger partial charge in [-0.1, -0.05) is 25.1 Å². The second kappa shape index (κ2) is 8.04. The number of carboxylic acid groups (broad SMARTS) is 1. The molecule has 142 valence electrons. The highest BCUT2D eigenvalue weighted by atomic mass is 32.2. The maximum absolute atomic E-state index is 11.9. The minimum Gasteiger partial charge on any atom is -0.477 e. The van der Waals surface area contributed by atoms with Gasteiger partial charge in [-0.2, -0.15) is 0 Å². The Kier molecular flexibility index (Phi) is 5.96. The van der Waals surface area contributed by atoms with E-state index in [0.29, 0.717) is 17.8 Å². The first-order valence-electron chi connectivity index (χ1n) is 8.85. The molecule has 8 heteroatoms. The summed E-state index contributed by atoms with van der Waals surface area (Å²) in [6, 6.07) is 7.74. The summed E-state index contributed by atoms with van der Waals surface area (Å²) in [7, 11) is -3.19. The van der Waals surface area contributed by atoms with Crippen molar-refractivity contribution in [2.45, 2.75) is 38.8 Å². The molecular weight excluding hydrogens is 372 g/mol. The Hall–Kier alpha value is -1.48. The van der Waals surface area contributed by atoms with Crippen molar-refractivity contribution in [1.29, 1.82) is 0 Å². The van der Waals surface area contributed by atoms with Gasteiger partial charge in [-0.15, -0.1) is 11.3 Å². The van der Waals surface area contributed by atoms with Crippen LogP contribution in [0.15, 0.2) is 24.3 Å². The summed E-state index contributed by atoms with van der Waals surface area (Å²) in [4.78, 5) is 14.2. The van der Waals surface area contributed by atoms with E-state index in [4.69, 9.17) is 0 Å². The number of rotatable bonds is 7. The van der Waals surface area contributed by atoms with Gasteiger partial charge in [-0.25, -0.2) is 17.9 Å². The van der Waals surface area contributed by atoms with Crippen molar-refractivity contribution in [3.05, 3.63) is 34.7 Å². The highest BCUT2D eigenvalue weighted by Crippen LogP contribution is 2.32. The van der Waals surface area contributed by atoms with Crippen molar-refractivity contribution in [3.8, 4) is 0 Å². The lowest BCUT2D eigenvalue weighted by Gasteiger charge is -2.32. The average Bonchev–Trinajstić information content (AvgIpc) is 2.95. The highest BCUT2D eigenvalue weighted by Gasteiger charge is 2.25. The predicted molar refractivity (Wildman–Crippen MR) is 104 cm³/mol. The van der Waals surface area contributed by atoms with Crippen molar-refractivity contribution < 1.29 is 18.3 Å². The molecule has 1 saturated heterocycles. The number of fused-ring (bicyclic) bond motifs is 1. The largest absolute Gasteiger partial charge is 0.477 e. The van der Waals surface area contributed by atoms with Crippen LogP contribution in [-0.4, -0.2) is 49.3 Å². The molecule has 6 nitrogen and oxygen atoms in total. The minimum absolute atomic E-state index is 0.0269. The second-order valence-electron chi connectivity index (χ2n) is 6.70. The Balaban J connectivity index is 1.68. The molecule has 2 heterocycles. The van der Waals surface area contributed by atoms with E-state index in [1.54, 1.807) is 0 Å². The van der Waals surface area contributed by atoms with E-state index in [-0.39, 0.29) is 11.8 Å². The number of carboxylic acids is 1. The van der Waals surface area contributed by atoms with Gasteiger partial charge in [-0.3, -0.25) is 4.90 Å². The number of aromatic carboxylic acids is 1. The first kappa shape index (κ1) is 19.3. The van der Waals surface area contributed by atoms with Gasteiger partial charge in [0.1, 0.15) is 4.88 Å². The van der Waals surface area contributed by atoms with Crippen LogP contribution in [0.3, 0.4) is 0 Å². The predicted octanol–water partition coefficient (Wildman–Crippen LogP) is 2.89. The number of carbonyl (C=O) groups is 1. The summed E-state index contributed by atoms with van der Waals surface area (Å²) in [6.45, 7) is 3.94. The maximum atomic E-state index is 11.9. The van der Waals surface area contributed by atoms with E-state index in [1.807, 2.05) is 31.2 Å². The summed E-state index contributed by atoms with van der Waals surface area (Å²) in [5.74, 6) is -0.723. The molecular formula is C18H24N2O4S2. The van der Waals surface area contributed by atoms with Crippen molar-refractivity contribution in [1.82, 2.24) is 9.62 Å². The molecule has 2 aromatic rings. The Morgan fingerprint density at radius 1 is 1.31 bits per heavy atom. The van der Waals surface area contributed by atoms with Crippen LogP contribution in [0, 0.1) is 0 Å². The molecule has 1 aromatic carbocycles. The Morgan fingerprint density at radius 3 is 2.65 bits per heavy atom. The highest BCUT2D eigenvalue weighted by molar-refractivity contribution is 7.89. The molecule has 3 rings (SSSR count). The maximum Gasteiger partial charge on any atom is 0.346 e. The van der Waals surface area contributed by atoms with Crippen LogP contribution in [0.25, 0.3) is 10.1 Å². The zero-order chi connectivity index (χ0) is 18.7. The number of likely N-dealkylation sites (tertiary alicyclic amines) is 1. The van der Waals surface area contributed by atoms with Crippen molar-refractivity contribution in [2.24, 2.45) is 0 Å². The summed E-state index contributed by atoms with van der Waals surface area (Å²) in [6.07, 6.45) is 2.10. The van der Waals surface area contributed by atoms with E-state index in [9.17, 15) is 18.3 Å². The van der Waals surface area contributed by atoms with Gasteiger partial charge < -0.3 is 5.11 Å². The molecule has 1 aliphatic rings. The normalized spacial score (nSPS) is 17.0.